The molecular weight excluding hydrogens is 254 g/mol. The molecule has 1 aliphatic heterocycles. The number of fused-ring (bicyclic) bond motifs is 1. The highest BCUT2D eigenvalue weighted by Gasteiger charge is 2.47. The van der Waals surface area contributed by atoms with E-state index in [-0.39, 0.29) is 30.3 Å². The molecule has 0 spiro atoms. The molecule has 4 heteroatoms. The molecule has 0 unspecified atom stereocenters. The van der Waals surface area contributed by atoms with E-state index in [2.05, 4.69) is 0 Å². The lowest BCUT2D eigenvalue weighted by Gasteiger charge is -2.15. The van der Waals surface area contributed by atoms with E-state index in [1.807, 2.05) is 24.3 Å². The van der Waals surface area contributed by atoms with E-state index in [1.165, 1.54) is 4.90 Å². The van der Waals surface area contributed by atoms with E-state index >= 15 is 0 Å². The number of benzene rings is 1. The van der Waals surface area contributed by atoms with Crippen molar-refractivity contribution >= 4 is 17.5 Å². The van der Waals surface area contributed by atoms with E-state index in [9.17, 15) is 9.59 Å². The molecule has 1 aliphatic carbocycles. The molecule has 1 heterocycles. The molecule has 0 saturated carbocycles. The molecule has 1 N–H and O–H groups in total. The predicted octanol–water partition coefficient (Wildman–Crippen LogP) is 1.68. The smallest absolute Gasteiger partial charge is 0.238 e. The van der Waals surface area contributed by atoms with Gasteiger partial charge in [-0.3, -0.25) is 14.5 Å². The number of imide groups is 1. The summed E-state index contributed by atoms with van der Waals surface area (Å²) in [6.45, 7) is 0.0940. The monoisotopic (exact) mass is 271 g/mol. The van der Waals surface area contributed by atoms with E-state index in [4.69, 9.17) is 5.11 Å². The molecule has 3 rings (SSSR count). The van der Waals surface area contributed by atoms with E-state index < -0.39 is 0 Å². The molecular formula is C16H17NO3. The third-order valence-corrected chi connectivity index (χ3v) is 4.10. The summed E-state index contributed by atoms with van der Waals surface area (Å²) in [5.41, 5.74) is 1.63. The van der Waals surface area contributed by atoms with Crippen LogP contribution in [0.1, 0.15) is 18.4 Å². The number of allylic oxidation sites excluding steroid dienone is 2. The van der Waals surface area contributed by atoms with Gasteiger partial charge in [-0.05, 0) is 37.0 Å². The van der Waals surface area contributed by atoms with Gasteiger partial charge in [-0.25, -0.2) is 0 Å². The zero-order chi connectivity index (χ0) is 14.1. The van der Waals surface area contributed by atoms with Crippen LogP contribution >= 0.6 is 0 Å². The summed E-state index contributed by atoms with van der Waals surface area (Å²) in [5, 5.41) is 8.90. The van der Waals surface area contributed by atoms with E-state index in [0.29, 0.717) is 24.9 Å². The molecule has 2 aliphatic rings. The molecule has 1 fully saturated rings. The minimum Gasteiger partial charge on any atom is -0.396 e. The van der Waals surface area contributed by atoms with Crippen molar-refractivity contribution in [2.24, 2.45) is 11.8 Å². The lowest BCUT2D eigenvalue weighted by Crippen LogP contribution is -2.30. The van der Waals surface area contributed by atoms with Crippen molar-refractivity contribution in [1.29, 1.82) is 0 Å². The Balaban J connectivity index is 1.86. The van der Waals surface area contributed by atoms with Crippen LogP contribution in [0.2, 0.25) is 0 Å². The van der Waals surface area contributed by atoms with Crippen LogP contribution in [0, 0.1) is 11.8 Å². The number of aliphatic hydroxyl groups excluding tert-OH is 1. The van der Waals surface area contributed by atoms with Crippen LogP contribution in [0.3, 0.4) is 0 Å². The van der Waals surface area contributed by atoms with E-state index in [0.717, 1.165) is 5.56 Å². The van der Waals surface area contributed by atoms with Gasteiger partial charge in [0.1, 0.15) is 0 Å². The molecule has 104 valence electrons. The Hall–Kier alpha value is -1.94. The van der Waals surface area contributed by atoms with Crippen molar-refractivity contribution in [1.82, 2.24) is 0 Å². The van der Waals surface area contributed by atoms with Crippen LogP contribution < -0.4 is 4.90 Å². The Morgan fingerprint density at radius 3 is 2.05 bits per heavy atom. The average Bonchev–Trinajstić information content (AvgIpc) is 2.73. The Bertz CT molecular complexity index is 536. The minimum absolute atomic E-state index is 0.0840. The average molecular weight is 271 g/mol. The number of hydrogen-bond donors (Lipinski definition) is 1. The summed E-state index contributed by atoms with van der Waals surface area (Å²) in [6, 6.07) is 7.27. The maximum absolute atomic E-state index is 12.4. The summed E-state index contributed by atoms with van der Waals surface area (Å²) in [6.07, 6.45) is 5.88. The number of aliphatic hydroxyl groups is 1. The number of rotatable bonds is 3. The zero-order valence-corrected chi connectivity index (χ0v) is 11.2. The molecule has 4 nitrogen and oxygen atoms in total. The summed E-state index contributed by atoms with van der Waals surface area (Å²) in [7, 11) is 0. The van der Waals surface area contributed by atoms with E-state index in [1.54, 1.807) is 12.1 Å². The Morgan fingerprint density at radius 1 is 1.00 bits per heavy atom. The summed E-state index contributed by atoms with van der Waals surface area (Å²) in [5.74, 6) is -0.548. The Kier molecular flexibility index (Phi) is 3.40. The fraction of sp³-hybridized carbons (Fsp3) is 0.375. The second-order valence-electron chi connectivity index (χ2n) is 5.31. The van der Waals surface area contributed by atoms with Crippen molar-refractivity contribution in [2.75, 3.05) is 11.5 Å². The SMILES string of the molecule is O=C1[C@H]2CC=CC[C@H]2C(=O)N1c1ccc(CCO)cc1. The second kappa shape index (κ2) is 5.21. The van der Waals surface area contributed by atoms with Gasteiger partial charge >= 0.3 is 0 Å². The van der Waals surface area contributed by atoms with Crippen LogP contribution in [0.5, 0.6) is 0 Å². The lowest BCUT2D eigenvalue weighted by molar-refractivity contribution is -0.122. The number of carbonyl (C=O) groups is 2. The van der Waals surface area contributed by atoms with Gasteiger partial charge in [-0.15, -0.1) is 0 Å². The molecule has 1 aromatic carbocycles. The minimum atomic E-state index is -0.190. The molecule has 1 saturated heterocycles. The van der Waals surface area contributed by atoms with Gasteiger partial charge in [-0.1, -0.05) is 24.3 Å². The second-order valence-corrected chi connectivity index (χ2v) is 5.31. The molecule has 0 radical (unpaired) electrons. The van der Waals surface area contributed by atoms with Gasteiger partial charge in [0, 0.05) is 6.61 Å². The van der Waals surface area contributed by atoms with Crippen molar-refractivity contribution in [3.63, 3.8) is 0 Å². The summed E-state index contributed by atoms with van der Waals surface area (Å²) < 4.78 is 0. The number of hydrogen-bond acceptors (Lipinski definition) is 3. The molecule has 0 bridgehead atoms. The van der Waals surface area contributed by atoms with Crippen molar-refractivity contribution in [3.05, 3.63) is 42.0 Å². The van der Waals surface area contributed by atoms with Crippen LogP contribution in [0.4, 0.5) is 5.69 Å². The Labute approximate surface area is 117 Å². The summed E-state index contributed by atoms with van der Waals surface area (Å²) in [4.78, 5) is 26.1. The molecule has 0 aromatic heterocycles. The fourth-order valence-electron chi connectivity index (χ4n) is 3.00. The highest BCUT2D eigenvalue weighted by molar-refractivity contribution is 6.22. The van der Waals surface area contributed by atoms with Crippen molar-refractivity contribution in [3.8, 4) is 0 Å². The molecule has 2 atom stereocenters. The zero-order valence-electron chi connectivity index (χ0n) is 11.2. The first-order valence-electron chi connectivity index (χ1n) is 6.95. The first kappa shape index (κ1) is 13.1. The molecule has 1 aromatic rings. The van der Waals surface area contributed by atoms with Crippen LogP contribution in [-0.2, 0) is 16.0 Å². The standard InChI is InChI=1S/C16H17NO3/c18-10-9-11-5-7-12(8-6-11)17-15(19)13-3-1-2-4-14(13)16(17)20/h1-2,5-8,13-14,18H,3-4,9-10H2/t13-,14+. The maximum Gasteiger partial charge on any atom is 0.238 e. The Morgan fingerprint density at radius 2 is 1.55 bits per heavy atom. The van der Waals surface area contributed by atoms with Gasteiger partial charge in [-0.2, -0.15) is 0 Å². The number of anilines is 1. The third-order valence-electron chi connectivity index (χ3n) is 4.10. The van der Waals surface area contributed by atoms with Gasteiger partial charge in [0.05, 0.1) is 17.5 Å². The first-order chi connectivity index (χ1) is 9.72. The number of nitrogens with zero attached hydrogens (tertiary/aromatic N) is 1. The lowest BCUT2D eigenvalue weighted by atomic mass is 9.85. The molecule has 20 heavy (non-hydrogen) atoms. The first-order valence-corrected chi connectivity index (χ1v) is 6.95. The topological polar surface area (TPSA) is 57.6 Å². The normalized spacial score (nSPS) is 25.1. The largest absolute Gasteiger partial charge is 0.396 e. The summed E-state index contributed by atoms with van der Waals surface area (Å²) >= 11 is 0. The van der Waals surface area contributed by atoms with Gasteiger partial charge < -0.3 is 5.11 Å². The highest BCUT2D eigenvalue weighted by atomic mass is 16.3. The number of carbonyl (C=O) groups excluding carboxylic acids is 2. The van der Waals surface area contributed by atoms with Gasteiger partial charge in [0.25, 0.3) is 0 Å². The van der Waals surface area contributed by atoms with Crippen LogP contribution in [0.25, 0.3) is 0 Å². The third kappa shape index (κ3) is 2.06. The maximum atomic E-state index is 12.4. The van der Waals surface area contributed by atoms with Gasteiger partial charge in [0.15, 0.2) is 0 Å². The van der Waals surface area contributed by atoms with Crippen LogP contribution in [0.15, 0.2) is 36.4 Å². The van der Waals surface area contributed by atoms with Gasteiger partial charge in [0.2, 0.25) is 11.8 Å². The van der Waals surface area contributed by atoms with Crippen molar-refractivity contribution < 1.29 is 14.7 Å². The molecule has 2 amide bonds. The van der Waals surface area contributed by atoms with Crippen molar-refractivity contribution in [2.45, 2.75) is 19.3 Å². The quantitative estimate of drug-likeness (QED) is 0.672. The predicted molar refractivity (Wildman–Crippen MR) is 75.1 cm³/mol. The van der Waals surface area contributed by atoms with Crippen LogP contribution in [-0.4, -0.2) is 23.5 Å². The number of amides is 2. The fourth-order valence-corrected chi connectivity index (χ4v) is 3.00. The highest BCUT2D eigenvalue weighted by Crippen LogP contribution is 2.37.